The first-order valence-corrected chi connectivity index (χ1v) is 18.1. The summed E-state index contributed by atoms with van der Waals surface area (Å²) < 4.78 is 42.5. The van der Waals surface area contributed by atoms with Gasteiger partial charge in [0.1, 0.15) is 11.0 Å². The van der Waals surface area contributed by atoms with Crippen molar-refractivity contribution >= 4 is 77.3 Å². The van der Waals surface area contributed by atoms with Gasteiger partial charge in [-0.2, -0.15) is 8.75 Å². The van der Waals surface area contributed by atoms with Gasteiger partial charge in [0.05, 0.1) is 30.4 Å². The maximum atomic E-state index is 15.8. The number of fused-ring (bicyclic) bond motifs is 1. The second kappa shape index (κ2) is 15.5. The first-order valence-electron chi connectivity index (χ1n) is 14.2. The number of hydrogen-bond acceptors (Lipinski definition) is 5. The largest absolute Gasteiger partial charge is 0.203 e. The van der Waals surface area contributed by atoms with Crippen molar-refractivity contribution in [2.24, 2.45) is 0 Å². The van der Waals surface area contributed by atoms with Crippen LogP contribution in [0.15, 0.2) is 19.7 Å². The lowest BCUT2D eigenvalue weighted by Gasteiger charge is -2.08. The third kappa shape index (κ3) is 7.76. The summed E-state index contributed by atoms with van der Waals surface area (Å²) in [6.07, 6.45) is 16.5. The molecule has 0 atom stereocenters. The fourth-order valence-electron chi connectivity index (χ4n) is 4.99. The lowest BCUT2D eigenvalue weighted by atomic mass is 10.0. The highest BCUT2D eigenvalue weighted by Crippen LogP contribution is 2.46. The molecular weight excluding hydrogens is 682 g/mol. The van der Waals surface area contributed by atoms with Gasteiger partial charge in [0.25, 0.3) is 0 Å². The molecule has 1 aromatic carbocycles. The van der Waals surface area contributed by atoms with Gasteiger partial charge in [-0.3, -0.25) is 0 Å². The fraction of sp³-hybridized carbons (Fsp3) is 0.533. The molecule has 3 aromatic heterocycles. The quantitative estimate of drug-likeness (QED) is 0.108. The van der Waals surface area contributed by atoms with Gasteiger partial charge in [0, 0.05) is 9.75 Å². The first-order chi connectivity index (χ1) is 19.0. The van der Waals surface area contributed by atoms with E-state index in [2.05, 4.69) is 54.5 Å². The van der Waals surface area contributed by atoms with Crippen LogP contribution in [-0.4, -0.2) is 8.75 Å². The molecule has 0 saturated heterocycles. The van der Waals surface area contributed by atoms with Gasteiger partial charge in [0.2, 0.25) is 0 Å². The smallest absolute Gasteiger partial charge is 0.170 e. The van der Waals surface area contributed by atoms with Gasteiger partial charge in [-0.05, 0) is 80.8 Å². The second-order valence-corrected chi connectivity index (χ2v) is 15.5. The number of aromatic nitrogens is 2. The Morgan fingerprint density at radius 3 is 1.41 bits per heavy atom. The predicted octanol–water partition coefficient (Wildman–Crippen LogP) is 12.8. The minimum atomic E-state index is -0.841. The van der Waals surface area contributed by atoms with Crippen LogP contribution in [-0.2, 0) is 12.8 Å². The molecule has 0 spiro atoms. The van der Waals surface area contributed by atoms with E-state index in [1.54, 1.807) is 0 Å². The van der Waals surface area contributed by atoms with E-state index >= 15 is 8.78 Å². The summed E-state index contributed by atoms with van der Waals surface area (Å²) in [7, 11) is 0. The number of benzene rings is 1. The van der Waals surface area contributed by atoms with Crippen molar-refractivity contribution in [3.05, 3.63) is 42.5 Å². The van der Waals surface area contributed by atoms with Gasteiger partial charge in [-0.15, -0.1) is 22.7 Å². The Morgan fingerprint density at radius 2 is 1.00 bits per heavy atom. The Labute approximate surface area is 260 Å². The van der Waals surface area contributed by atoms with Crippen molar-refractivity contribution in [3.63, 3.8) is 0 Å². The first kappa shape index (κ1) is 31.2. The summed E-state index contributed by atoms with van der Waals surface area (Å²) in [4.78, 5) is 1.39. The molecule has 4 aromatic rings. The molecule has 0 amide bonds. The second-order valence-electron chi connectivity index (χ2n) is 10.2. The van der Waals surface area contributed by atoms with Crippen molar-refractivity contribution in [2.75, 3.05) is 0 Å². The Morgan fingerprint density at radius 1 is 0.615 bits per heavy atom. The number of halogens is 4. The van der Waals surface area contributed by atoms with E-state index in [9.17, 15) is 0 Å². The molecule has 39 heavy (non-hydrogen) atoms. The molecule has 0 N–H and O–H groups in total. The zero-order valence-corrected chi connectivity index (χ0v) is 28.3. The molecule has 0 saturated carbocycles. The highest BCUT2D eigenvalue weighted by Gasteiger charge is 2.27. The summed E-state index contributed by atoms with van der Waals surface area (Å²) in [6, 6.07) is 3.99. The molecule has 0 fully saturated rings. The molecule has 212 valence electrons. The van der Waals surface area contributed by atoms with Crippen LogP contribution >= 0.6 is 66.3 Å². The highest BCUT2D eigenvalue weighted by molar-refractivity contribution is 9.11. The van der Waals surface area contributed by atoms with E-state index in [4.69, 9.17) is 0 Å². The summed E-state index contributed by atoms with van der Waals surface area (Å²) >= 11 is 11.2. The van der Waals surface area contributed by atoms with E-state index in [-0.39, 0.29) is 11.1 Å². The monoisotopic (exact) mass is 716 g/mol. The Kier molecular flexibility index (Phi) is 12.4. The molecule has 9 heteroatoms. The van der Waals surface area contributed by atoms with Gasteiger partial charge in [-0.1, -0.05) is 78.1 Å². The average Bonchev–Trinajstić information content (AvgIpc) is 3.63. The summed E-state index contributed by atoms with van der Waals surface area (Å²) in [6.45, 7) is 4.45. The molecular formula is C30H36Br2F2N2S3. The van der Waals surface area contributed by atoms with Crippen LogP contribution in [0.1, 0.15) is 102 Å². The maximum Gasteiger partial charge on any atom is 0.170 e. The molecule has 0 aliphatic carbocycles. The van der Waals surface area contributed by atoms with Crippen LogP contribution < -0.4 is 0 Å². The molecule has 0 unspecified atom stereocenters. The van der Waals surface area contributed by atoms with Gasteiger partial charge in [-0.25, -0.2) is 8.78 Å². The molecule has 2 nitrogen and oxygen atoms in total. The van der Waals surface area contributed by atoms with Crippen LogP contribution in [0.3, 0.4) is 0 Å². The topological polar surface area (TPSA) is 25.8 Å². The van der Waals surface area contributed by atoms with E-state index in [1.165, 1.54) is 86.9 Å². The number of rotatable bonds is 16. The zero-order valence-electron chi connectivity index (χ0n) is 22.7. The minimum absolute atomic E-state index is 0.225. The molecule has 0 aliphatic rings. The summed E-state index contributed by atoms with van der Waals surface area (Å²) in [5, 5.41) is 0. The number of aryl methyl sites for hydroxylation is 2. The van der Waals surface area contributed by atoms with Crippen LogP contribution in [0, 0.1) is 11.6 Å². The van der Waals surface area contributed by atoms with E-state index in [0.29, 0.717) is 20.8 Å². The van der Waals surface area contributed by atoms with Crippen molar-refractivity contribution < 1.29 is 8.78 Å². The van der Waals surface area contributed by atoms with Crippen LogP contribution in [0.25, 0.3) is 31.9 Å². The van der Waals surface area contributed by atoms with Crippen LogP contribution in [0.4, 0.5) is 8.78 Å². The predicted molar refractivity (Wildman–Crippen MR) is 174 cm³/mol. The maximum absolute atomic E-state index is 15.8. The highest BCUT2D eigenvalue weighted by atomic mass is 79.9. The standard InChI is InChI=1S/C30H36Br2F2N2S3/c1-3-5-7-9-11-13-15-19-17-21(37-29(19)31)23-25(33)26(34)24(28-27(23)35-39-36-28)22-18-20(30(32)38-22)16-14-12-10-8-6-4-2/h17-18H,3-16H2,1-2H3. The van der Waals surface area contributed by atoms with Gasteiger partial charge in [0.15, 0.2) is 11.6 Å². The minimum Gasteiger partial charge on any atom is -0.203 e. The number of unbranched alkanes of at least 4 members (excludes halogenated alkanes) is 10. The normalized spacial score (nSPS) is 11.7. The third-order valence-corrected chi connectivity index (χ3v) is 11.7. The van der Waals surface area contributed by atoms with Gasteiger partial charge < -0.3 is 0 Å². The number of nitrogens with zero attached hydrogens (tertiary/aromatic N) is 2. The molecule has 0 bridgehead atoms. The molecule has 0 radical (unpaired) electrons. The zero-order chi connectivity index (χ0) is 27.8. The van der Waals surface area contributed by atoms with Crippen molar-refractivity contribution in [1.82, 2.24) is 8.75 Å². The van der Waals surface area contributed by atoms with Crippen LogP contribution in [0.5, 0.6) is 0 Å². The number of thiophene rings is 2. The van der Waals surface area contributed by atoms with Crippen molar-refractivity contribution in [2.45, 2.75) is 104 Å². The summed E-state index contributed by atoms with van der Waals surface area (Å²) in [5.41, 5.74) is 3.62. The fourth-order valence-corrected chi connectivity index (χ4v) is 9.17. The Balaban J connectivity index is 1.56. The molecule has 3 heterocycles. The Bertz CT molecular complexity index is 1260. The Hall–Kier alpha value is -0.740. The van der Waals surface area contributed by atoms with Crippen molar-refractivity contribution in [3.8, 4) is 20.9 Å². The van der Waals surface area contributed by atoms with E-state index in [0.717, 1.165) is 56.1 Å². The van der Waals surface area contributed by atoms with Crippen molar-refractivity contribution in [1.29, 1.82) is 0 Å². The van der Waals surface area contributed by atoms with E-state index < -0.39 is 11.6 Å². The SMILES string of the molecule is CCCCCCCCc1cc(-c2c(F)c(F)c(-c3cc(CCCCCCCC)c(Br)s3)c3nsnc23)sc1Br. The number of hydrogen-bond donors (Lipinski definition) is 0. The molecule has 0 aliphatic heterocycles. The summed E-state index contributed by atoms with van der Waals surface area (Å²) in [5.74, 6) is -1.68. The van der Waals surface area contributed by atoms with E-state index in [1.807, 2.05) is 12.1 Å². The van der Waals surface area contributed by atoms with Crippen LogP contribution in [0.2, 0.25) is 0 Å². The molecule has 4 rings (SSSR count). The lowest BCUT2D eigenvalue weighted by Crippen LogP contribution is -1.95. The lowest BCUT2D eigenvalue weighted by molar-refractivity contribution is 0.516. The van der Waals surface area contributed by atoms with Gasteiger partial charge >= 0.3 is 0 Å². The average molecular weight is 719 g/mol. The third-order valence-electron chi connectivity index (χ3n) is 7.20.